The molecule has 0 aromatic heterocycles. The van der Waals surface area contributed by atoms with Crippen LogP contribution in [0.1, 0.15) is 5.56 Å². The van der Waals surface area contributed by atoms with Crippen molar-refractivity contribution >= 4 is 16.7 Å². The summed E-state index contributed by atoms with van der Waals surface area (Å²) in [5.41, 5.74) is 3.45. The second-order valence-corrected chi connectivity index (χ2v) is 7.14. The summed E-state index contributed by atoms with van der Waals surface area (Å²) in [4.78, 5) is 14.1. The van der Waals surface area contributed by atoms with Gasteiger partial charge in [0.2, 0.25) is 0 Å². The van der Waals surface area contributed by atoms with Gasteiger partial charge in [0.25, 0.3) is 5.91 Å². The van der Waals surface area contributed by atoms with Gasteiger partial charge in [-0.1, -0.05) is 42.5 Å². The third-order valence-electron chi connectivity index (χ3n) is 5.14. The second kappa shape index (κ2) is 9.07. The number of carbonyl (C=O) groups excluding carboxylic acids is 1. The van der Waals surface area contributed by atoms with Gasteiger partial charge in [-0.3, -0.25) is 4.79 Å². The number of rotatable bonds is 6. The van der Waals surface area contributed by atoms with E-state index >= 15 is 0 Å². The molecular weight excluding hydrogens is 366 g/mol. The maximum atomic E-state index is 12.3. The highest BCUT2D eigenvalue weighted by atomic mass is 16.5. The summed E-state index contributed by atoms with van der Waals surface area (Å²) in [5, 5.41) is 2.22. The molecule has 0 unspecified atom stereocenters. The van der Waals surface area contributed by atoms with E-state index in [1.165, 1.54) is 0 Å². The quantitative estimate of drug-likeness (QED) is 0.640. The van der Waals surface area contributed by atoms with E-state index in [4.69, 9.17) is 14.2 Å². The fourth-order valence-electron chi connectivity index (χ4n) is 3.50. The van der Waals surface area contributed by atoms with E-state index in [-0.39, 0.29) is 12.5 Å². The Hall–Kier alpha value is -2.89. The second-order valence-electron chi connectivity index (χ2n) is 7.14. The molecule has 4 rings (SSSR count). The van der Waals surface area contributed by atoms with Gasteiger partial charge in [0.1, 0.15) is 5.75 Å². The SMILES string of the molecule is COCc1ccc(-c2ccc3ccc(OCC(=O)N4CCOCC4)cc3c2)cc1. The molecule has 3 aromatic rings. The molecule has 0 spiro atoms. The Kier molecular flexibility index (Phi) is 6.08. The molecule has 5 nitrogen and oxygen atoms in total. The van der Waals surface area contributed by atoms with Crippen molar-refractivity contribution in [2.24, 2.45) is 0 Å². The van der Waals surface area contributed by atoms with Crippen LogP contribution in [0, 0.1) is 0 Å². The van der Waals surface area contributed by atoms with Crippen molar-refractivity contribution in [2.45, 2.75) is 6.61 Å². The lowest BCUT2D eigenvalue weighted by Gasteiger charge is -2.26. The lowest BCUT2D eigenvalue weighted by Crippen LogP contribution is -2.42. The summed E-state index contributed by atoms with van der Waals surface area (Å²) in [5.74, 6) is 0.699. The summed E-state index contributed by atoms with van der Waals surface area (Å²) >= 11 is 0. The van der Waals surface area contributed by atoms with Gasteiger partial charge in [-0.2, -0.15) is 0 Å². The molecule has 0 radical (unpaired) electrons. The number of methoxy groups -OCH3 is 1. The minimum Gasteiger partial charge on any atom is -0.484 e. The van der Waals surface area contributed by atoms with E-state index in [0.717, 1.165) is 27.5 Å². The molecule has 0 bridgehead atoms. The number of carbonyl (C=O) groups is 1. The average Bonchev–Trinajstić information content (AvgIpc) is 2.78. The maximum absolute atomic E-state index is 12.3. The van der Waals surface area contributed by atoms with Crippen molar-refractivity contribution in [1.82, 2.24) is 4.90 Å². The standard InChI is InChI=1S/C24H25NO4/c1-27-16-18-2-4-19(5-3-18)21-7-6-20-8-9-23(15-22(20)14-21)29-17-24(26)25-10-12-28-13-11-25/h2-9,14-15H,10-13,16-17H2,1H3. The van der Waals surface area contributed by atoms with Gasteiger partial charge >= 0.3 is 0 Å². The summed E-state index contributed by atoms with van der Waals surface area (Å²) in [6.07, 6.45) is 0. The molecule has 5 heteroatoms. The molecule has 1 fully saturated rings. The first-order chi connectivity index (χ1) is 14.2. The molecule has 0 aliphatic carbocycles. The molecule has 1 heterocycles. The van der Waals surface area contributed by atoms with Crippen LogP contribution in [-0.4, -0.2) is 50.8 Å². The van der Waals surface area contributed by atoms with Crippen LogP contribution in [0.5, 0.6) is 5.75 Å². The molecule has 0 atom stereocenters. The van der Waals surface area contributed by atoms with Gasteiger partial charge in [0.05, 0.1) is 19.8 Å². The number of benzene rings is 3. The van der Waals surface area contributed by atoms with Crippen LogP contribution in [0.3, 0.4) is 0 Å². The van der Waals surface area contributed by atoms with Crippen LogP contribution >= 0.6 is 0 Å². The van der Waals surface area contributed by atoms with Gasteiger partial charge in [-0.05, 0) is 45.7 Å². The molecule has 150 valence electrons. The molecule has 0 N–H and O–H groups in total. The Balaban J connectivity index is 1.48. The molecule has 0 saturated carbocycles. The van der Waals surface area contributed by atoms with E-state index in [1.807, 2.05) is 18.2 Å². The molecule has 1 aliphatic rings. The number of ether oxygens (including phenoxy) is 3. The van der Waals surface area contributed by atoms with E-state index in [2.05, 4.69) is 42.5 Å². The molecular formula is C24H25NO4. The van der Waals surface area contributed by atoms with E-state index in [9.17, 15) is 4.79 Å². The number of fused-ring (bicyclic) bond motifs is 1. The Labute approximate surface area is 170 Å². The van der Waals surface area contributed by atoms with Crippen molar-refractivity contribution in [3.05, 3.63) is 66.2 Å². The molecule has 1 saturated heterocycles. The first-order valence-electron chi connectivity index (χ1n) is 9.83. The van der Waals surface area contributed by atoms with Crippen molar-refractivity contribution in [2.75, 3.05) is 40.0 Å². The van der Waals surface area contributed by atoms with Crippen molar-refractivity contribution < 1.29 is 19.0 Å². The minimum absolute atomic E-state index is 0.00158. The first kappa shape index (κ1) is 19.4. The summed E-state index contributed by atoms with van der Waals surface area (Å²) < 4.78 is 16.2. The van der Waals surface area contributed by atoms with Crippen LogP contribution < -0.4 is 4.74 Å². The van der Waals surface area contributed by atoms with Crippen LogP contribution in [0.4, 0.5) is 0 Å². The van der Waals surface area contributed by atoms with E-state index < -0.39 is 0 Å². The van der Waals surface area contributed by atoms with Crippen LogP contribution in [0.25, 0.3) is 21.9 Å². The molecule has 3 aromatic carbocycles. The van der Waals surface area contributed by atoms with Gasteiger partial charge < -0.3 is 19.1 Å². The number of hydrogen-bond acceptors (Lipinski definition) is 4. The van der Waals surface area contributed by atoms with Crippen molar-refractivity contribution in [3.63, 3.8) is 0 Å². The Morgan fingerprint density at radius 2 is 1.66 bits per heavy atom. The monoisotopic (exact) mass is 391 g/mol. The van der Waals surface area contributed by atoms with Crippen LogP contribution in [-0.2, 0) is 20.9 Å². The normalized spacial score (nSPS) is 14.2. The summed E-state index contributed by atoms with van der Waals surface area (Å²) in [6.45, 7) is 3.11. The Morgan fingerprint density at radius 3 is 2.41 bits per heavy atom. The van der Waals surface area contributed by atoms with Crippen molar-refractivity contribution in [3.8, 4) is 16.9 Å². The highest BCUT2D eigenvalue weighted by molar-refractivity contribution is 5.88. The van der Waals surface area contributed by atoms with Gasteiger partial charge in [-0.25, -0.2) is 0 Å². The number of morpholine rings is 1. The van der Waals surface area contributed by atoms with Gasteiger partial charge in [0.15, 0.2) is 6.61 Å². The Morgan fingerprint density at radius 1 is 0.931 bits per heavy atom. The van der Waals surface area contributed by atoms with E-state index in [0.29, 0.717) is 38.7 Å². The minimum atomic E-state index is -0.00158. The lowest BCUT2D eigenvalue weighted by atomic mass is 10.0. The summed E-state index contributed by atoms with van der Waals surface area (Å²) in [6, 6.07) is 20.7. The van der Waals surface area contributed by atoms with Crippen LogP contribution in [0.2, 0.25) is 0 Å². The van der Waals surface area contributed by atoms with E-state index in [1.54, 1.807) is 12.0 Å². The fraction of sp³-hybridized carbons (Fsp3) is 0.292. The third-order valence-corrected chi connectivity index (χ3v) is 5.14. The van der Waals surface area contributed by atoms with Gasteiger partial charge in [0, 0.05) is 20.2 Å². The molecule has 29 heavy (non-hydrogen) atoms. The zero-order valence-corrected chi connectivity index (χ0v) is 16.6. The largest absolute Gasteiger partial charge is 0.484 e. The average molecular weight is 391 g/mol. The predicted octanol–water partition coefficient (Wildman–Crippen LogP) is 3.89. The summed E-state index contributed by atoms with van der Waals surface area (Å²) in [7, 11) is 1.70. The maximum Gasteiger partial charge on any atom is 0.260 e. The molecule has 1 amide bonds. The fourth-order valence-corrected chi connectivity index (χ4v) is 3.50. The number of hydrogen-bond donors (Lipinski definition) is 0. The zero-order valence-electron chi connectivity index (χ0n) is 16.6. The predicted molar refractivity (Wildman–Crippen MR) is 113 cm³/mol. The third kappa shape index (κ3) is 4.75. The zero-order chi connectivity index (χ0) is 20.1. The highest BCUT2D eigenvalue weighted by Crippen LogP contribution is 2.27. The topological polar surface area (TPSA) is 48.0 Å². The van der Waals surface area contributed by atoms with Gasteiger partial charge in [-0.15, -0.1) is 0 Å². The number of nitrogens with zero attached hydrogens (tertiary/aromatic N) is 1. The highest BCUT2D eigenvalue weighted by Gasteiger charge is 2.17. The number of amides is 1. The Bertz CT molecular complexity index is 978. The molecule has 1 aliphatic heterocycles. The van der Waals surface area contributed by atoms with Crippen molar-refractivity contribution in [1.29, 1.82) is 0 Å². The smallest absolute Gasteiger partial charge is 0.260 e. The van der Waals surface area contributed by atoms with Crippen LogP contribution in [0.15, 0.2) is 60.7 Å². The lowest BCUT2D eigenvalue weighted by molar-refractivity contribution is -0.137. The first-order valence-corrected chi connectivity index (χ1v) is 9.83.